The molecule has 0 bridgehead atoms. The monoisotopic (exact) mass is 379 g/mol. The summed E-state index contributed by atoms with van der Waals surface area (Å²) in [7, 11) is 0. The first-order valence-electron chi connectivity index (χ1n) is 9.00. The first-order valence-corrected chi connectivity index (χ1v) is 9.94. The first kappa shape index (κ1) is 17.8. The molecule has 0 aliphatic carbocycles. The Balaban J connectivity index is 1.40. The minimum Gasteiger partial charge on any atom is -0.325 e. The molecular weight excluding hydrogens is 358 g/mol. The van der Waals surface area contributed by atoms with Gasteiger partial charge in [0.25, 0.3) is 0 Å². The third-order valence-electron chi connectivity index (χ3n) is 4.77. The van der Waals surface area contributed by atoms with Crippen molar-refractivity contribution in [1.29, 1.82) is 0 Å². The molecule has 4 rings (SSSR count). The second-order valence-electron chi connectivity index (χ2n) is 6.71. The number of hydrogen-bond donors (Lipinski definition) is 1. The molecule has 1 aromatic carbocycles. The minimum atomic E-state index is -0.121. The Kier molecular flexibility index (Phi) is 5.22. The van der Waals surface area contributed by atoms with Crippen molar-refractivity contribution in [1.82, 2.24) is 19.9 Å². The minimum absolute atomic E-state index is 0.0435. The van der Waals surface area contributed by atoms with Gasteiger partial charge in [0, 0.05) is 41.1 Å². The lowest BCUT2D eigenvalue weighted by molar-refractivity contribution is -0.120. The molecule has 1 atom stereocenters. The fraction of sp³-hybridized carbons (Fsp3) is 0.300. The molecule has 2 aromatic heterocycles. The summed E-state index contributed by atoms with van der Waals surface area (Å²) in [6, 6.07) is 7.71. The average Bonchev–Trinajstić information content (AvgIpc) is 3.36. The van der Waals surface area contributed by atoms with Crippen LogP contribution in [0.15, 0.2) is 47.5 Å². The fourth-order valence-electron chi connectivity index (χ4n) is 3.35. The van der Waals surface area contributed by atoms with Crippen LogP contribution >= 0.6 is 11.3 Å². The molecule has 1 aliphatic rings. The van der Waals surface area contributed by atoms with Crippen molar-refractivity contribution < 1.29 is 4.79 Å². The highest BCUT2D eigenvalue weighted by molar-refractivity contribution is 7.07. The summed E-state index contributed by atoms with van der Waals surface area (Å²) in [5.74, 6) is 0.803. The van der Waals surface area contributed by atoms with Gasteiger partial charge < -0.3 is 5.32 Å². The van der Waals surface area contributed by atoms with E-state index in [-0.39, 0.29) is 11.9 Å². The number of nitrogens with one attached hydrogen (secondary N) is 1. The summed E-state index contributed by atoms with van der Waals surface area (Å²) in [4.78, 5) is 27.8. The molecule has 3 aromatic rings. The second kappa shape index (κ2) is 7.94. The molecule has 1 fully saturated rings. The molecule has 7 heteroatoms. The number of carbonyl (C=O) groups excluding carboxylic acids is 1. The van der Waals surface area contributed by atoms with Crippen LogP contribution in [0.5, 0.6) is 0 Å². The molecular formula is C20H21N5OS. The maximum absolute atomic E-state index is 12.8. The Labute approximate surface area is 162 Å². The van der Waals surface area contributed by atoms with Gasteiger partial charge in [-0.1, -0.05) is 12.1 Å². The van der Waals surface area contributed by atoms with Gasteiger partial charge in [0.15, 0.2) is 0 Å². The van der Waals surface area contributed by atoms with E-state index in [1.54, 1.807) is 11.3 Å². The zero-order valence-corrected chi connectivity index (χ0v) is 15.9. The van der Waals surface area contributed by atoms with Gasteiger partial charge in [-0.05, 0) is 38.4 Å². The number of aromatic nitrogens is 3. The van der Waals surface area contributed by atoms with Crippen LogP contribution in [0.3, 0.4) is 0 Å². The smallest absolute Gasteiger partial charge is 0.241 e. The Morgan fingerprint density at radius 3 is 2.70 bits per heavy atom. The molecule has 0 radical (unpaired) electrons. The van der Waals surface area contributed by atoms with Gasteiger partial charge in [0.2, 0.25) is 5.91 Å². The van der Waals surface area contributed by atoms with E-state index in [9.17, 15) is 4.79 Å². The van der Waals surface area contributed by atoms with E-state index in [1.807, 2.05) is 54.5 Å². The number of hydrogen-bond acceptors (Lipinski definition) is 6. The lowest BCUT2D eigenvalue weighted by Crippen LogP contribution is -2.39. The quantitative estimate of drug-likeness (QED) is 0.734. The van der Waals surface area contributed by atoms with E-state index < -0.39 is 0 Å². The van der Waals surface area contributed by atoms with Crippen LogP contribution in [0, 0.1) is 6.92 Å². The van der Waals surface area contributed by atoms with Gasteiger partial charge in [-0.2, -0.15) is 0 Å². The summed E-state index contributed by atoms with van der Waals surface area (Å²) in [6.45, 7) is 3.48. The summed E-state index contributed by atoms with van der Waals surface area (Å²) < 4.78 is 0. The van der Waals surface area contributed by atoms with Gasteiger partial charge in [-0.3, -0.25) is 9.69 Å². The molecule has 138 valence electrons. The van der Waals surface area contributed by atoms with Crippen LogP contribution in [-0.2, 0) is 11.3 Å². The van der Waals surface area contributed by atoms with Crippen molar-refractivity contribution in [2.24, 2.45) is 0 Å². The van der Waals surface area contributed by atoms with Crippen LogP contribution in [0.2, 0.25) is 0 Å². The van der Waals surface area contributed by atoms with Crippen molar-refractivity contribution >= 4 is 22.9 Å². The van der Waals surface area contributed by atoms with E-state index in [0.717, 1.165) is 47.7 Å². The third kappa shape index (κ3) is 4.20. The maximum Gasteiger partial charge on any atom is 0.241 e. The average molecular weight is 379 g/mol. The molecule has 3 heterocycles. The van der Waals surface area contributed by atoms with Crippen LogP contribution in [0.25, 0.3) is 11.3 Å². The number of nitrogens with zero attached hydrogens (tertiary/aromatic N) is 4. The predicted molar refractivity (Wildman–Crippen MR) is 106 cm³/mol. The summed E-state index contributed by atoms with van der Waals surface area (Å²) >= 11 is 1.57. The number of thiazole rings is 1. The Hall–Kier alpha value is -2.64. The summed E-state index contributed by atoms with van der Waals surface area (Å²) in [5, 5.41) is 5.06. The molecule has 1 aliphatic heterocycles. The van der Waals surface area contributed by atoms with Crippen LogP contribution in [-0.4, -0.2) is 38.3 Å². The van der Waals surface area contributed by atoms with E-state index >= 15 is 0 Å². The third-order valence-corrected chi connectivity index (χ3v) is 5.35. The van der Waals surface area contributed by atoms with Crippen LogP contribution < -0.4 is 5.32 Å². The topological polar surface area (TPSA) is 71.0 Å². The molecule has 27 heavy (non-hydrogen) atoms. The molecule has 0 spiro atoms. The number of anilines is 1. The number of benzene rings is 1. The normalized spacial score (nSPS) is 17.1. The van der Waals surface area contributed by atoms with Crippen molar-refractivity contribution in [2.75, 3.05) is 11.9 Å². The van der Waals surface area contributed by atoms with E-state index in [1.165, 1.54) is 0 Å². The second-order valence-corrected chi connectivity index (χ2v) is 7.43. The Morgan fingerprint density at radius 2 is 2.00 bits per heavy atom. The van der Waals surface area contributed by atoms with Gasteiger partial charge in [0.1, 0.15) is 5.82 Å². The standard InChI is InChI=1S/C20H21N5OS/c1-14-21-9-15(10-22-14)11-25-8-2-3-19(25)20(26)24-17-6-4-16(5-7-17)18-12-27-13-23-18/h4-7,9-10,12-13,19H,2-3,8,11H2,1H3,(H,24,26). The van der Waals surface area contributed by atoms with E-state index in [0.29, 0.717) is 6.54 Å². The lowest BCUT2D eigenvalue weighted by Gasteiger charge is -2.23. The van der Waals surface area contributed by atoms with Crippen molar-refractivity contribution in [3.8, 4) is 11.3 Å². The Morgan fingerprint density at radius 1 is 1.22 bits per heavy atom. The highest BCUT2D eigenvalue weighted by atomic mass is 32.1. The van der Waals surface area contributed by atoms with Gasteiger partial charge in [-0.15, -0.1) is 11.3 Å². The van der Waals surface area contributed by atoms with Crippen molar-refractivity contribution in [3.05, 3.63) is 58.9 Å². The maximum atomic E-state index is 12.8. The van der Waals surface area contributed by atoms with E-state index in [2.05, 4.69) is 25.2 Å². The van der Waals surface area contributed by atoms with E-state index in [4.69, 9.17) is 0 Å². The summed E-state index contributed by atoms with van der Waals surface area (Å²) in [5.41, 5.74) is 5.67. The molecule has 1 saturated heterocycles. The first-order chi connectivity index (χ1) is 13.2. The highest BCUT2D eigenvalue weighted by Crippen LogP contribution is 2.24. The molecule has 1 amide bonds. The summed E-state index contributed by atoms with van der Waals surface area (Å²) in [6.07, 6.45) is 5.57. The molecule has 1 unspecified atom stereocenters. The largest absolute Gasteiger partial charge is 0.325 e. The van der Waals surface area contributed by atoms with Crippen molar-refractivity contribution in [2.45, 2.75) is 32.4 Å². The van der Waals surface area contributed by atoms with Gasteiger partial charge in [-0.25, -0.2) is 15.0 Å². The Bertz CT molecular complexity index is 893. The number of likely N-dealkylation sites (tertiary alicyclic amines) is 1. The SMILES string of the molecule is Cc1ncc(CN2CCCC2C(=O)Nc2ccc(-c3cscn3)cc2)cn1. The number of amides is 1. The molecule has 1 N–H and O–H groups in total. The molecule has 6 nitrogen and oxygen atoms in total. The van der Waals surface area contributed by atoms with Crippen LogP contribution in [0.4, 0.5) is 5.69 Å². The molecule has 0 saturated carbocycles. The van der Waals surface area contributed by atoms with Gasteiger partial charge >= 0.3 is 0 Å². The lowest BCUT2D eigenvalue weighted by atomic mass is 10.1. The zero-order chi connectivity index (χ0) is 18.6. The number of rotatable bonds is 5. The van der Waals surface area contributed by atoms with Crippen LogP contribution in [0.1, 0.15) is 24.2 Å². The fourth-order valence-corrected chi connectivity index (χ4v) is 3.91. The van der Waals surface area contributed by atoms with Gasteiger partial charge in [0.05, 0.1) is 17.2 Å². The number of aryl methyl sites for hydroxylation is 1. The van der Waals surface area contributed by atoms with Crippen molar-refractivity contribution in [3.63, 3.8) is 0 Å². The number of carbonyl (C=O) groups is 1. The zero-order valence-electron chi connectivity index (χ0n) is 15.1. The predicted octanol–water partition coefficient (Wildman–Crippen LogP) is 3.51. The highest BCUT2D eigenvalue weighted by Gasteiger charge is 2.30.